The molecule has 1 atom stereocenters. The molecule has 3 aromatic carbocycles. The summed E-state index contributed by atoms with van der Waals surface area (Å²) >= 11 is 0. The molecule has 2 N–H and O–H groups in total. The molecule has 0 aliphatic carbocycles. The zero-order valence-corrected chi connectivity index (χ0v) is 20.8. The summed E-state index contributed by atoms with van der Waals surface area (Å²) in [6.07, 6.45) is 3.55. The number of ketones is 1. The van der Waals surface area contributed by atoms with E-state index in [0.717, 1.165) is 46.2 Å². The lowest BCUT2D eigenvalue weighted by molar-refractivity contribution is -0.132. The van der Waals surface area contributed by atoms with Crippen molar-refractivity contribution in [2.24, 2.45) is 0 Å². The molecule has 1 fully saturated rings. The van der Waals surface area contributed by atoms with E-state index in [9.17, 15) is 14.7 Å². The maximum atomic E-state index is 13.6. The molecule has 186 valence electrons. The van der Waals surface area contributed by atoms with Gasteiger partial charge in [-0.2, -0.15) is 0 Å². The molecule has 1 saturated heterocycles. The minimum Gasteiger partial charge on any atom is -0.507 e. The number of carbonyl (C=O) groups excluding carboxylic acids is 2. The van der Waals surface area contributed by atoms with Gasteiger partial charge in [-0.1, -0.05) is 44.2 Å². The SMILES string of the molecule is CC(C)c1ccc(N2C(=O)C(=O)/C(=C(/O)c3ccc4c(c3)CCCO4)C2c2c[nH]c3ccccc23)cc1. The molecule has 0 bridgehead atoms. The number of ether oxygens (including phenoxy) is 1. The number of amides is 1. The zero-order chi connectivity index (χ0) is 25.7. The fourth-order valence-electron chi connectivity index (χ4n) is 5.40. The summed E-state index contributed by atoms with van der Waals surface area (Å²) in [7, 11) is 0. The van der Waals surface area contributed by atoms with Crippen LogP contribution in [-0.2, 0) is 16.0 Å². The number of anilines is 1. The van der Waals surface area contributed by atoms with E-state index in [-0.39, 0.29) is 11.3 Å². The summed E-state index contributed by atoms with van der Waals surface area (Å²) < 4.78 is 5.72. The second kappa shape index (κ2) is 8.96. The van der Waals surface area contributed by atoms with Crippen LogP contribution >= 0.6 is 0 Å². The monoisotopic (exact) mass is 492 g/mol. The molecule has 6 rings (SSSR count). The first-order chi connectivity index (χ1) is 17.9. The van der Waals surface area contributed by atoms with E-state index < -0.39 is 17.7 Å². The first kappa shape index (κ1) is 23.1. The fourth-order valence-corrected chi connectivity index (χ4v) is 5.40. The number of aromatic nitrogens is 1. The highest BCUT2D eigenvalue weighted by molar-refractivity contribution is 6.51. The number of nitrogens with one attached hydrogen (secondary N) is 1. The van der Waals surface area contributed by atoms with Crippen LogP contribution in [0.5, 0.6) is 5.75 Å². The Morgan fingerprint density at radius 3 is 2.62 bits per heavy atom. The molecule has 6 heteroatoms. The maximum absolute atomic E-state index is 13.6. The van der Waals surface area contributed by atoms with Crippen molar-refractivity contribution in [1.82, 2.24) is 4.98 Å². The molecule has 6 nitrogen and oxygen atoms in total. The predicted octanol–water partition coefficient (Wildman–Crippen LogP) is 6.24. The summed E-state index contributed by atoms with van der Waals surface area (Å²) in [4.78, 5) is 31.9. The predicted molar refractivity (Wildman–Crippen MR) is 144 cm³/mol. The average molecular weight is 493 g/mol. The number of aliphatic hydroxyl groups is 1. The van der Waals surface area contributed by atoms with Crippen LogP contribution in [0.3, 0.4) is 0 Å². The molecule has 0 spiro atoms. The quantitative estimate of drug-likeness (QED) is 0.201. The maximum Gasteiger partial charge on any atom is 0.300 e. The molecule has 0 radical (unpaired) electrons. The van der Waals surface area contributed by atoms with Gasteiger partial charge in [0.15, 0.2) is 0 Å². The van der Waals surface area contributed by atoms with E-state index in [1.54, 1.807) is 6.07 Å². The van der Waals surface area contributed by atoms with Crippen LogP contribution in [0.4, 0.5) is 5.69 Å². The number of aromatic amines is 1. The van der Waals surface area contributed by atoms with Crippen molar-refractivity contribution >= 4 is 34.0 Å². The Balaban J connectivity index is 1.55. The van der Waals surface area contributed by atoms with Gasteiger partial charge in [-0.3, -0.25) is 14.5 Å². The standard InChI is InChI=1S/C31H28N2O4/c1-18(2)19-9-12-22(13-10-19)33-28(24-17-32-25-8-4-3-7-23(24)25)27(30(35)31(33)36)29(34)21-11-14-26-20(16-21)6-5-15-37-26/h3-4,7-14,16-18,28,32,34H,5-6,15H2,1-2H3/b29-27+. The molecule has 4 aromatic rings. The minimum atomic E-state index is -0.784. The largest absolute Gasteiger partial charge is 0.507 e. The Morgan fingerprint density at radius 1 is 1.05 bits per heavy atom. The lowest BCUT2D eigenvalue weighted by Gasteiger charge is -2.25. The number of fused-ring (bicyclic) bond motifs is 2. The van der Waals surface area contributed by atoms with Gasteiger partial charge in [0.2, 0.25) is 0 Å². The molecular formula is C31H28N2O4. The number of H-pyrrole nitrogens is 1. The summed E-state index contributed by atoms with van der Waals surface area (Å²) in [5, 5.41) is 12.5. The van der Waals surface area contributed by atoms with Gasteiger partial charge in [-0.15, -0.1) is 0 Å². The third-order valence-corrected chi connectivity index (χ3v) is 7.38. The average Bonchev–Trinajstić information content (AvgIpc) is 3.46. The first-order valence-corrected chi connectivity index (χ1v) is 12.7. The molecule has 1 amide bonds. The van der Waals surface area contributed by atoms with E-state index in [2.05, 4.69) is 18.8 Å². The Morgan fingerprint density at radius 2 is 1.84 bits per heavy atom. The van der Waals surface area contributed by atoms with Crippen LogP contribution < -0.4 is 9.64 Å². The molecule has 0 saturated carbocycles. The Hall–Kier alpha value is -4.32. The topological polar surface area (TPSA) is 82.6 Å². The van der Waals surface area contributed by atoms with Crippen molar-refractivity contribution in [2.75, 3.05) is 11.5 Å². The van der Waals surface area contributed by atoms with Gasteiger partial charge < -0.3 is 14.8 Å². The van der Waals surface area contributed by atoms with E-state index in [1.165, 1.54) is 4.90 Å². The number of aliphatic hydroxyl groups excluding tert-OH is 1. The van der Waals surface area contributed by atoms with Gasteiger partial charge in [-0.05, 0) is 66.3 Å². The fraction of sp³-hybridized carbons (Fsp3) is 0.226. The number of para-hydroxylation sites is 1. The minimum absolute atomic E-state index is 0.0827. The Bertz CT molecular complexity index is 1560. The van der Waals surface area contributed by atoms with Gasteiger partial charge in [-0.25, -0.2) is 0 Å². The summed E-state index contributed by atoms with van der Waals surface area (Å²) in [6.45, 7) is 4.88. The van der Waals surface area contributed by atoms with Crippen molar-refractivity contribution in [1.29, 1.82) is 0 Å². The first-order valence-electron chi connectivity index (χ1n) is 12.7. The summed E-state index contributed by atoms with van der Waals surface area (Å²) in [5.41, 5.74) is 4.97. The van der Waals surface area contributed by atoms with Crippen LogP contribution in [0.25, 0.3) is 16.7 Å². The second-order valence-corrected chi connectivity index (χ2v) is 9.98. The molecule has 3 heterocycles. The number of hydrogen-bond donors (Lipinski definition) is 2. The molecular weight excluding hydrogens is 464 g/mol. The molecule has 1 aromatic heterocycles. The van der Waals surface area contributed by atoms with Gasteiger partial charge in [0, 0.05) is 33.9 Å². The van der Waals surface area contributed by atoms with E-state index in [4.69, 9.17) is 4.74 Å². The van der Waals surface area contributed by atoms with Crippen molar-refractivity contribution in [3.63, 3.8) is 0 Å². The van der Waals surface area contributed by atoms with Gasteiger partial charge in [0.1, 0.15) is 11.5 Å². The molecule has 2 aliphatic rings. The number of carbonyl (C=O) groups is 2. The van der Waals surface area contributed by atoms with Crippen molar-refractivity contribution < 1.29 is 19.4 Å². The van der Waals surface area contributed by atoms with Crippen molar-refractivity contribution in [3.05, 3.63) is 101 Å². The normalized spacial score (nSPS) is 18.9. The number of rotatable bonds is 4. The molecule has 37 heavy (non-hydrogen) atoms. The Labute approximate surface area is 215 Å². The van der Waals surface area contributed by atoms with Crippen LogP contribution in [-0.4, -0.2) is 28.4 Å². The van der Waals surface area contributed by atoms with Crippen molar-refractivity contribution in [2.45, 2.75) is 38.6 Å². The summed E-state index contributed by atoms with van der Waals surface area (Å²) in [6, 6.07) is 20.1. The van der Waals surface area contributed by atoms with E-state index in [0.29, 0.717) is 23.8 Å². The van der Waals surface area contributed by atoms with Crippen LogP contribution in [0, 0.1) is 0 Å². The van der Waals surface area contributed by atoms with Crippen molar-refractivity contribution in [3.8, 4) is 5.75 Å². The van der Waals surface area contributed by atoms with E-state index in [1.807, 2.05) is 66.9 Å². The summed E-state index contributed by atoms with van der Waals surface area (Å²) in [5.74, 6) is -0.406. The smallest absolute Gasteiger partial charge is 0.300 e. The third kappa shape index (κ3) is 3.80. The number of Topliss-reactive ketones (excluding diaryl/α,β-unsaturated/α-hetero) is 1. The highest BCUT2D eigenvalue weighted by atomic mass is 16.5. The van der Waals surface area contributed by atoms with Gasteiger partial charge >= 0.3 is 0 Å². The van der Waals surface area contributed by atoms with Crippen LogP contribution in [0.2, 0.25) is 0 Å². The number of hydrogen-bond acceptors (Lipinski definition) is 4. The van der Waals surface area contributed by atoms with Gasteiger partial charge in [0.05, 0.1) is 18.2 Å². The van der Waals surface area contributed by atoms with Crippen LogP contribution in [0.15, 0.2) is 78.5 Å². The number of benzene rings is 3. The lowest BCUT2D eigenvalue weighted by Crippen LogP contribution is -2.29. The van der Waals surface area contributed by atoms with Gasteiger partial charge in [0.25, 0.3) is 11.7 Å². The van der Waals surface area contributed by atoms with E-state index >= 15 is 0 Å². The number of nitrogens with zero attached hydrogens (tertiary/aromatic N) is 1. The lowest BCUT2D eigenvalue weighted by atomic mass is 9.93. The highest BCUT2D eigenvalue weighted by Gasteiger charge is 2.47. The third-order valence-electron chi connectivity index (χ3n) is 7.38. The number of aryl methyl sites for hydroxylation is 1. The second-order valence-electron chi connectivity index (χ2n) is 9.98. The Kier molecular flexibility index (Phi) is 5.60. The molecule has 1 unspecified atom stereocenters. The zero-order valence-electron chi connectivity index (χ0n) is 20.8. The van der Waals surface area contributed by atoms with Crippen LogP contribution in [0.1, 0.15) is 54.5 Å². The molecule has 2 aliphatic heterocycles. The highest BCUT2D eigenvalue weighted by Crippen LogP contribution is 2.44.